The summed E-state index contributed by atoms with van der Waals surface area (Å²) in [5.41, 5.74) is 1.26. The third kappa shape index (κ3) is 3.76. The number of carbonyl (C=O) groups excluding carboxylic acids is 1. The molecule has 4 nitrogen and oxygen atoms in total. The molecule has 2 saturated heterocycles. The number of benzene rings is 1. The predicted octanol–water partition coefficient (Wildman–Crippen LogP) is 1.87. The average Bonchev–Trinajstić information content (AvgIpc) is 2.57. The van der Waals surface area contributed by atoms with Gasteiger partial charge in [0.25, 0.3) is 0 Å². The zero-order chi connectivity index (χ0) is 14.5. The summed E-state index contributed by atoms with van der Waals surface area (Å²) in [7, 11) is 0. The van der Waals surface area contributed by atoms with E-state index in [-0.39, 0.29) is 0 Å². The first-order valence-corrected chi connectivity index (χ1v) is 8.14. The van der Waals surface area contributed by atoms with Crippen LogP contribution in [0.25, 0.3) is 0 Å². The van der Waals surface area contributed by atoms with Crippen LogP contribution >= 0.6 is 0 Å². The number of rotatable bonds is 3. The van der Waals surface area contributed by atoms with Gasteiger partial charge in [0.1, 0.15) is 0 Å². The van der Waals surface area contributed by atoms with Crippen LogP contribution in [-0.4, -0.2) is 49.6 Å². The summed E-state index contributed by atoms with van der Waals surface area (Å²) in [6.07, 6.45) is 4.33. The van der Waals surface area contributed by atoms with Crippen LogP contribution < -0.4 is 10.2 Å². The first kappa shape index (κ1) is 14.4. The number of nitrogens with zero attached hydrogens (tertiary/aromatic N) is 2. The molecule has 4 heteroatoms. The van der Waals surface area contributed by atoms with Crippen LogP contribution in [0.2, 0.25) is 0 Å². The fourth-order valence-electron chi connectivity index (χ4n) is 3.29. The van der Waals surface area contributed by atoms with Gasteiger partial charge in [-0.15, -0.1) is 0 Å². The molecule has 1 amide bonds. The van der Waals surface area contributed by atoms with Crippen molar-refractivity contribution < 1.29 is 4.79 Å². The normalized spacial score (nSPS) is 23.1. The van der Waals surface area contributed by atoms with Crippen LogP contribution in [0.15, 0.2) is 30.3 Å². The second kappa shape index (κ2) is 6.94. The quantitative estimate of drug-likeness (QED) is 0.922. The Labute approximate surface area is 127 Å². The maximum atomic E-state index is 12.4. The largest absolute Gasteiger partial charge is 0.368 e. The Balaban J connectivity index is 1.47. The molecule has 2 aliphatic heterocycles. The fourth-order valence-corrected chi connectivity index (χ4v) is 3.29. The molecule has 0 saturated carbocycles. The number of para-hydroxylation sites is 1. The molecule has 0 bridgehead atoms. The maximum absolute atomic E-state index is 12.4. The molecule has 0 spiro atoms. The average molecular weight is 287 g/mol. The van der Waals surface area contributed by atoms with E-state index in [9.17, 15) is 4.79 Å². The topological polar surface area (TPSA) is 35.6 Å². The van der Waals surface area contributed by atoms with E-state index in [1.807, 2.05) is 11.0 Å². The van der Waals surface area contributed by atoms with Gasteiger partial charge in [-0.2, -0.15) is 0 Å². The fraction of sp³-hybridized carbons (Fsp3) is 0.588. The molecule has 1 atom stereocenters. The highest BCUT2D eigenvalue weighted by Gasteiger charge is 2.24. The summed E-state index contributed by atoms with van der Waals surface area (Å²) in [6.45, 7) is 4.64. The monoisotopic (exact) mass is 287 g/mol. The summed E-state index contributed by atoms with van der Waals surface area (Å²) in [5.74, 6) is 0.321. The molecular formula is C17H25N3O. The van der Waals surface area contributed by atoms with Crippen LogP contribution in [0, 0.1) is 0 Å². The van der Waals surface area contributed by atoms with E-state index in [1.54, 1.807) is 0 Å². The van der Waals surface area contributed by atoms with Crippen LogP contribution in [0.3, 0.4) is 0 Å². The van der Waals surface area contributed by atoms with Crippen LogP contribution in [0.4, 0.5) is 5.69 Å². The van der Waals surface area contributed by atoms with Crippen molar-refractivity contribution in [2.75, 3.05) is 37.6 Å². The van der Waals surface area contributed by atoms with Gasteiger partial charge >= 0.3 is 0 Å². The zero-order valence-corrected chi connectivity index (χ0v) is 12.6. The van der Waals surface area contributed by atoms with E-state index >= 15 is 0 Å². The lowest BCUT2D eigenvalue weighted by Gasteiger charge is -2.37. The lowest BCUT2D eigenvalue weighted by Crippen LogP contribution is -2.50. The number of hydrogen-bond acceptors (Lipinski definition) is 3. The number of carbonyl (C=O) groups is 1. The SMILES string of the molecule is O=C(CC1CCCCN1)N1CCN(c2ccccc2)CC1. The van der Waals surface area contributed by atoms with Crippen molar-refractivity contribution in [3.05, 3.63) is 30.3 Å². The first-order valence-electron chi connectivity index (χ1n) is 8.14. The van der Waals surface area contributed by atoms with Gasteiger partial charge in [-0.3, -0.25) is 4.79 Å². The van der Waals surface area contributed by atoms with Gasteiger partial charge < -0.3 is 15.1 Å². The number of hydrogen-bond donors (Lipinski definition) is 1. The lowest BCUT2D eigenvalue weighted by atomic mass is 10.0. The second-order valence-corrected chi connectivity index (χ2v) is 6.05. The van der Waals surface area contributed by atoms with Gasteiger partial charge in [0.2, 0.25) is 5.91 Å². The molecule has 0 radical (unpaired) electrons. The van der Waals surface area contributed by atoms with E-state index in [4.69, 9.17) is 0 Å². The molecule has 2 heterocycles. The summed E-state index contributed by atoms with van der Waals surface area (Å²) >= 11 is 0. The Bertz CT molecular complexity index is 448. The minimum absolute atomic E-state index is 0.321. The van der Waals surface area contributed by atoms with Crippen molar-refractivity contribution in [3.63, 3.8) is 0 Å². The number of amides is 1. The van der Waals surface area contributed by atoms with E-state index in [2.05, 4.69) is 34.5 Å². The standard InChI is InChI=1S/C17H25N3O/c21-17(14-15-6-4-5-9-18-15)20-12-10-19(11-13-20)16-7-2-1-3-8-16/h1-3,7-8,15,18H,4-6,9-14H2. The molecule has 0 aliphatic carbocycles. The Kier molecular flexibility index (Phi) is 4.76. The smallest absolute Gasteiger partial charge is 0.224 e. The van der Waals surface area contributed by atoms with Crippen molar-refractivity contribution in [1.82, 2.24) is 10.2 Å². The summed E-state index contributed by atoms with van der Waals surface area (Å²) < 4.78 is 0. The number of piperidine rings is 1. The molecule has 1 N–H and O–H groups in total. The number of anilines is 1. The third-order valence-electron chi connectivity index (χ3n) is 4.59. The third-order valence-corrected chi connectivity index (χ3v) is 4.59. The Morgan fingerprint density at radius 2 is 1.86 bits per heavy atom. The molecule has 1 aromatic rings. The highest BCUT2D eigenvalue weighted by Crippen LogP contribution is 2.17. The number of nitrogens with one attached hydrogen (secondary N) is 1. The minimum atomic E-state index is 0.321. The Morgan fingerprint density at radius 3 is 2.52 bits per heavy atom. The molecule has 2 fully saturated rings. The van der Waals surface area contributed by atoms with Gasteiger partial charge in [0.15, 0.2) is 0 Å². The maximum Gasteiger partial charge on any atom is 0.224 e. The van der Waals surface area contributed by atoms with E-state index in [0.29, 0.717) is 18.4 Å². The van der Waals surface area contributed by atoms with Crippen LogP contribution in [0.1, 0.15) is 25.7 Å². The zero-order valence-electron chi connectivity index (χ0n) is 12.6. The van der Waals surface area contributed by atoms with Gasteiger partial charge in [-0.25, -0.2) is 0 Å². The Hall–Kier alpha value is -1.55. The molecule has 2 aliphatic rings. The van der Waals surface area contributed by atoms with Gasteiger partial charge in [-0.1, -0.05) is 24.6 Å². The molecule has 3 rings (SSSR count). The molecule has 1 aromatic carbocycles. The van der Waals surface area contributed by atoms with E-state index in [1.165, 1.54) is 18.5 Å². The summed E-state index contributed by atoms with van der Waals surface area (Å²) in [4.78, 5) is 16.8. The van der Waals surface area contributed by atoms with Crippen molar-refractivity contribution in [1.29, 1.82) is 0 Å². The van der Waals surface area contributed by atoms with Gasteiger partial charge in [-0.05, 0) is 31.5 Å². The highest BCUT2D eigenvalue weighted by atomic mass is 16.2. The van der Waals surface area contributed by atoms with E-state index < -0.39 is 0 Å². The van der Waals surface area contributed by atoms with Crippen molar-refractivity contribution in [3.8, 4) is 0 Å². The van der Waals surface area contributed by atoms with Crippen molar-refractivity contribution in [2.45, 2.75) is 31.7 Å². The van der Waals surface area contributed by atoms with Crippen molar-refractivity contribution >= 4 is 11.6 Å². The molecular weight excluding hydrogens is 262 g/mol. The second-order valence-electron chi connectivity index (χ2n) is 6.05. The first-order chi connectivity index (χ1) is 10.3. The molecule has 21 heavy (non-hydrogen) atoms. The predicted molar refractivity (Wildman–Crippen MR) is 85.5 cm³/mol. The van der Waals surface area contributed by atoms with Gasteiger partial charge in [0, 0.05) is 44.3 Å². The highest BCUT2D eigenvalue weighted by molar-refractivity contribution is 5.77. The summed E-state index contributed by atoms with van der Waals surface area (Å²) in [5, 5.41) is 3.47. The van der Waals surface area contributed by atoms with E-state index in [0.717, 1.165) is 39.1 Å². The minimum Gasteiger partial charge on any atom is -0.368 e. The summed E-state index contributed by atoms with van der Waals surface area (Å²) in [6, 6.07) is 10.9. The lowest BCUT2D eigenvalue weighted by molar-refractivity contribution is -0.132. The van der Waals surface area contributed by atoms with Gasteiger partial charge in [0.05, 0.1) is 0 Å². The Morgan fingerprint density at radius 1 is 1.10 bits per heavy atom. The molecule has 1 unspecified atom stereocenters. The van der Waals surface area contributed by atoms with Crippen molar-refractivity contribution in [2.24, 2.45) is 0 Å². The number of piperazine rings is 1. The van der Waals surface area contributed by atoms with Crippen LogP contribution in [-0.2, 0) is 4.79 Å². The molecule has 114 valence electrons. The van der Waals surface area contributed by atoms with Crippen LogP contribution in [0.5, 0.6) is 0 Å². The molecule has 0 aromatic heterocycles.